The van der Waals surface area contributed by atoms with Gasteiger partial charge < -0.3 is 14.3 Å². The van der Waals surface area contributed by atoms with Crippen molar-refractivity contribution in [2.24, 2.45) is 0 Å². The molecule has 1 aliphatic heterocycles. The maximum absolute atomic E-state index is 12.8. The van der Waals surface area contributed by atoms with E-state index < -0.39 is 16.8 Å². The molecule has 1 aromatic heterocycles. The van der Waals surface area contributed by atoms with Crippen molar-refractivity contribution >= 4 is 11.0 Å². The lowest BCUT2D eigenvalue weighted by Gasteiger charge is -2.41. The average molecular weight is 395 g/mol. The molecular weight excluding hydrogens is 364 g/mol. The third-order valence-electron chi connectivity index (χ3n) is 5.58. The van der Waals surface area contributed by atoms with E-state index in [-0.39, 0.29) is 6.42 Å². The number of benzene rings is 1. The largest absolute Gasteiger partial charge is 0.457 e. The fourth-order valence-electron chi connectivity index (χ4n) is 4.11. The zero-order valence-corrected chi connectivity index (χ0v) is 18.0. The number of allylic oxidation sites excluding steroid dienone is 4. The molecule has 3 rings (SSSR count). The Labute approximate surface area is 172 Å². The van der Waals surface area contributed by atoms with Gasteiger partial charge >= 0.3 is 5.63 Å². The van der Waals surface area contributed by atoms with Crippen molar-refractivity contribution in [3.63, 3.8) is 0 Å². The number of ether oxygens (including phenoxy) is 1. The summed E-state index contributed by atoms with van der Waals surface area (Å²) in [6.07, 6.45) is 7.57. The lowest BCUT2D eigenvalue weighted by atomic mass is 9.74. The van der Waals surface area contributed by atoms with Gasteiger partial charge in [0.2, 0.25) is 5.79 Å². The Balaban J connectivity index is 2.15. The molecule has 0 radical (unpaired) electrons. The molecule has 2 aromatic rings. The van der Waals surface area contributed by atoms with Crippen molar-refractivity contribution in [2.75, 3.05) is 0 Å². The van der Waals surface area contributed by atoms with Gasteiger partial charge in [-0.05, 0) is 58.2 Å². The molecule has 1 N–H and O–H groups in total. The summed E-state index contributed by atoms with van der Waals surface area (Å²) in [4.78, 5) is 12.8. The first-order valence-corrected chi connectivity index (χ1v) is 10.0. The number of hydrogen-bond donors (Lipinski definition) is 1. The van der Waals surface area contributed by atoms with E-state index in [1.807, 2.05) is 32.9 Å². The highest BCUT2D eigenvalue weighted by Crippen LogP contribution is 2.47. The van der Waals surface area contributed by atoms with Gasteiger partial charge in [-0.1, -0.05) is 42.4 Å². The Bertz CT molecular complexity index is 1070. The van der Waals surface area contributed by atoms with E-state index in [4.69, 9.17) is 9.15 Å². The summed E-state index contributed by atoms with van der Waals surface area (Å²) < 4.78 is 11.7. The van der Waals surface area contributed by atoms with Crippen LogP contribution in [0.1, 0.15) is 58.1 Å². The van der Waals surface area contributed by atoms with E-state index >= 15 is 0 Å². The van der Waals surface area contributed by atoms with E-state index in [1.165, 1.54) is 5.57 Å². The van der Waals surface area contributed by atoms with Gasteiger partial charge in [0.1, 0.15) is 11.3 Å². The van der Waals surface area contributed by atoms with Gasteiger partial charge in [-0.3, -0.25) is 0 Å². The smallest absolute Gasteiger partial charge is 0.344 e. The predicted octanol–water partition coefficient (Wildman–Crippen LogP) is 5.71. The fourth-order valence-corrected chi connectivity index (χ4v) is 4.11. The molecule has 4 nitrogen and oxygen atoms in total. The minimum absolute atomic E-state index is 0.193. The topological polar surface area (TPSA) is 59.7 Å². The highest BCUT2D eigenvalue weighted by atomic mass is 16.6. The summed E-state index contributed by atoms with van der Waals surface area (Å²) in [5.41, 5.74) is 2.85. The van der Waals surface area contributed by atoms with Crippen LogP contribution in [-0.2, 0) is 5.41 Å². The van der Waals surface area contributed by atoms with E-state index in [1.54, 1.807) is 18.2 Å². The van der Waals surface area contributed by atoms with E-state index in [0.29, 0.717) is 22.3 Å². The first kappa shape index (κ1) is 21.1. The number of fused-ring (bicyclic) bond motifs is 3. The number of rotatable bonds is 5. The Morgan fingerprint density at radius 2 is 2.03 bits per heavy atom. The van der Waals surface area contributed by atoms with Crippen molar-refractivity contribution < 1.29 is 14.3 Å². The van der Waals surface area contributed by atoms with Crippen LogP contribution in [0.4, 0.5) is 0 Å². The summed E-state index contributed by atoms with van der Waals surface area (Å²) in [5, 5.41) is 12.1. The standard InChI is InChI=1S/C25H30O4/c1-7-24(6)15-25(27,14-17(4)11-8-10-16(2)3)29-22-20-18(5)12-9-13-19(20)28-23(26)21(22)24/h7,9-10,12-14,27H,1,8,11,15H2,2-6H3/t24-,25-/m0/s1. The maximum Gasteiger partial charge on any atom is 0.344 e. The van der Waals surface area contributed by atoms with Gasteiger partial charge in [0.15, 0.2) is 0 Å². The van der Waals surface area contributed by atoms with Crippen molar-refractivity contribution in [1.29, 1.82) is 0 Å². The van der Waals surface area contributed by atoms with Crippen LogP contribution < -0.4 is 10.4 Å². The van der Waals surface area contributed by atoms with Gasteiger partial charge in [0.05, 0.1) is 10.9 Å². The minimum atomic E-state index is -1.53. The summed E-state index contributed by atoms with van der Waals surface area (Å²) in [5.74, 6) is -1.15. The monoisotopic (exact) mass is 394 g/mol. The molecule has 0 amide bonds. The zero-order chi connectivity index (χ0) is 21.4. The molecule has 0 saturated carbocycles. The van der Waals surface area contributed by atoms with Crippen LogP contribution in [0, 0.1) is 6.92 Å². The lowest BCUT2D eigenvalue weighted by molar-refractivity contribution is -0.120. The minimum Gasteiger partial charge on any atom is -0.457 e. The van der Waals surface area contributed by atoms with Gasteiger partial charge in [-0.25, -0.2) is 4.79 Å². The molecular formula is C25H30O4. The third-order valence-corrected chi connectivity index (χ3v) is 5.58. The maximum atomic E-state index is 12.8. The zero-order valence-electron chi connectivity index (χ0n) is 18.0. The van der Waals surface area contributed by atoms with Crippen LogP contribution in [-0.4, -0.2) is 10.9 Å². The Morgan fingerprint density at radius 3 is 2.69 bits per heavy atom. The predicted molar refractivity (Wildman–Crippen MR) is 117 cm³/mol. The van der Waals surface area contributed by atoms with Crippen LogP contribution in [0.5, 0.6) is 5.75 Å². The molecule has 0 unspecified atom stereocenters. The number of hydrogen-bond acceptors (Lipinski definition) is 4. The lowest BCUT2D eigenvalue weighted by Crippen LogP contribution is -2.47. The normalized spacial score (nSPS) is 24.0. The first-order chi connectivity index (χ1) is 13.6. The SMILES string of the molecule is C=C[C@@]1(C)C[C@](O)(C=C(C)CCC=C(C)C)Oc2c1c(=O)oc1cccc(C)c21. The van der Waals surface area contributed by atoms with E-state index in [9.17, 15) is 9.90 Å². The van der Waals surface area contributed by atoms with Crippen LogP contribution in [0.2, 0.25) is 0 Å². The van der Waals surface area contributed by atoms with E-state index in [2.05, 4.69) is 26.5 Å². The second-order valence-corrected chi connectivity index (χ2v) is 8.60. The summed E-state index contributed by atoms with van der Waals surface area (Å²) >= 11 is 0. The number of aliphatic hydroxyl groups is 1. The first-order valence-electron chi connectivity index (χ1n) is 10.0. The fraction of sp³-hybridized carbons (Fsp3) is 0.400. The van der Waals surface area contributed by atoms with Crippen molar-refractivity contribution in [1.82, 2.24) is 0 Å². The molecule has 0 aliphatic carbocycles. The van der Waals surface area contributed by atoms with E-state index in [0.717, 1.165) is 24.0 Å². The van der Waals surface area contributed by atoms with Gasteiger partial charge in [-0.2, -0.15) is 0 Å². The summed E-state index contributed by atoms with van der Waals surface area (Å²) in [7, 11) is 0. The second kappa shape index (κ2) is 7.68. The van der Waals surface area contributed by atoms with Gasteiger partial charge in [-0.15, -0.1) is 6.58 Å². The summed E-state index contributed by atoms with van der Waals surface area (Å²) in [6.45, 7) is 13.9. The molecule has 154 valence electrons. The molecule has 0 bridgehead atoms. The molecule has 2 atom stereocenters. The van der Waals surface area contributed by atoms with Crippen LogP contribution in [0.25, 0.3) is 11.0 Å². The molecule has 0 fully saturated rings. The highest BCUT2D eigenvalue weighted by Gasteiger charge is 2.47. The Morgan fingerprint density at radius 1 is 1.31 bits per heavy atom. The third kappa shape index (κ3) is 4.08. The molecule has 1 aromatic carbocycles. The van der Waals surface area contributed by atoms with Crippen molar-refractivity contribution in [3.8, 4) is 5.75 Å². The molecule has 1 aliphatic rings. The Kier molecular flexibility index (Phi) is 5.59. The van der Waals surface area contributed by atoms with Crippen molar-refractivity contribution in [3.05, 3.63) is 75.7 Å². The summed E-state index contributed by atoms with van der Waals surface area (Å²) in [6, 6.07) is 5.51. The molecule has 0 spiro atoms. The number of aryl methyl sites for hydroxylation is 1. The Hall–Kier alpha value is -2.59. The van der Waals surface area contributed by atoms with Crippen LogP contribution >= 0.6 is 0 Å². The quantitative estimate of drug-likeness (QED) is 0.521. The van der Waals surface area contributed by atoms with Crippen molar-refractivity contribution in [2.45, 2.75) is 65.1 Å². The molecule has 29 heavy (non-hydrogen) atoms. The van der Waals surface area contributed by atoms with Gasteiger partial charge in [0, 0.05) is 11.8 Å². The van der Waals surface area contributed by atoms with Crippen LogP contribution in [0.3, 0.4) is 0 Å². The van der Waals surface area contributed by atoms with Gasteiger partial charge in [0.25, 0.3) is 0 Å². The molecule has 4 heteroatoms. The molecule has 2 heterocycles. The highest BCUT2D eigenvalue weighted by molar-refractivity contribution is 5.88. The second-order valence-electron chi connectivity index (χ2n) is 8.60. The molecule has 0 saturated heterocycles. The average Bonchev–Trinajstić information content (AvgIpc) is 2.60. The van der Waals surface area contributed by atoms with Crippen LogP contribution in [0.15, 0.2) is 63.4 Å².